The topological polar surface area (TPSA) is 59.1 Å². The second kappa shape index (κ2) is 3.61. The molecule has 0 aliphatic rings. The summed E-state index contributed by atoms with van der Waals surface area (Å²) in [4.78, 5) is 4.15. The van der Waals surface area contributed by atoms with E-state index in [-0.39, 0.29) is 45.4 Å². The predicted octanol–water partition coefficient (Wildman–Crippen LogP) is 2.70. The standard InChI is InChI=1S/C12H13ClN2O/c1-12(2,16)11-9(14)6-7-5-8(13)3-4-10(7)15-11/h3-6,16H,14H2,1-2H3/i4D,5D,6D. The van der Waals surface area contributed by atoms with E-state index in [1.807, 2.05) is 0 Å². The van der Waals surface area contributed by atoms with Crippen LogP contribution in [0.2, 0.25) is 5.02 Å². The Kier molecular flexibility index (Phi) is 1.78. The van der Waals surface area contributed by atoms with Crippen LogP contribution < -0.4 is 5.73 Å². The highest BCUT2D eigenvalue weighted by atomic mass is 35.5. The maximum Gasteiger partial charge on any atom is 0.103 e. The average Bonchev–Trinajstić information content (AvgIpc) is 2.28. The number of nitrogens with two attached hydrogens (primary N) is 1. The number of halogens is 1. The minimum atomic E-state index is -1.33. The molecule has 2 rings (SSSR count). The molecule has 16 heavy (non-hydrogen) atoms. The van der Waals surface area contributed by atoms with Crippen molar-refractivity contribution in [3.63, 3.8) is 0 Å². The van der Waals surface area contributed by atoms with E-state index in [1.54, 1.807) is 0 Å². The normalized spacial score (nSPS) is 14.6. The van der Waals surface area contributed by atoms with Crippen molar-refractivity contribution < 1.29 is 9.22 Å². The number of benzene rings is 1. The zero-order valence-electron chi connectivity index (χ0n) is 11.9. The third-order valence-corrected chi connectivity index (χ3v) is 2.34. The van der Waals surface area contributed by atoms with Crippen LogP contribution in [0.1, 0.15) is 23.7 Å². The van der Waals surface area contributed by atoms with Gasteiger partial charge in [0.15, 0.2) is 0 Å². The second-order valence-corrected chi connectivity index (χ2v) is 4.45. The molecule has 0 aliphatic carbocycles. The van der Waals surface area contributed by atoms with Crippen molar-refractivity contribution in [3.8, 4) is 0 Å². The highest BCUT2D eigenvalue weighted by Gasteiger charge is 2.21. The maximum atomic E-state index is 10.0. The van der Waals surface area contributed by atoms with Crippen molar-refractivity contribution in [2.45, 2.75) is 19.4 Å². The highest BCUT2D eigenvalue weighted by molar-refractivity contribution is 6.31. The summed E-state index contributed by atoms with van der Waals surface area (Å²) in [5.74, 6) is 0. The summed E-state index contributed by atoms with van der Waals surface area (Å²) in [7, 11) is 0. The number of hydrogen-bond donors (Lipinski definition) is 2. The van der Waals surface area contributed by atoms with Crippen molar-refractivity contribution in [1.29, 1.82) is 0 Å². The van der Waals surface area contributed by atoms with Crippen LogP contribution in [-0.2, 0) is 5.60 Å². The van der Waals surface area contributed by atoms with Gasteiger partial charge in [-0.15, -0.1) is 0 Å². The number of anilines is 1. The van der Waals surface area contributed by atoms with Crippen LogP contribution in [0, 0.1) is 0 Å². The number of pyridine rings is 1. The molecule has 2 aromatic rings. The van der Waals surface area contributed by atoms with Gasteiger partial charge in [-0.3, -0.25) is 0 Å². The fourth-order valence-electron chi connectivity index (χ4n) is 1.43. The highest BCUT2D eigenvalue weighted by Crippen LogP contribution is 2.28. The summed E-state index contributed by atoms with van der Waals surface area (Å²) in [5.41, 5.74) is 4.74. The largest absolute Gasteiger partial charge is 0.397 e. The molecule has 1 heterocycles. The van der Waals surface area contributed by atoms with Gasteiger partial charge in [0.05, 0.1) is 21.0 Å². The Morgan fingerprint density at radius 1 is 1.50 bits per heavy atom. The Labute approximate surface area is 103 Å². The summed E-state index contributed by atoms with van der Waals surface area (Å²) >= 11 is 5.84. The molecule has 3 N–H and O–H groups in total. The lowest BCUT2D eigenvalue weighted by atomic mass is 10.0. The zero-order valence-corrected chi connectivity index (χ0v) is 9.68. The van der Waals surface area contributed by atoms with Crippen LogP contribution in [0.25, 0.3) is 10.9 Å². The SMILES string of the molecule is [2H]c1cc(Cl)c([2H])c2c([2H])c(N)c(C(C)(C)O)nc12. The molecule has 0 amide bonds. The molecule has 0 unspecified atom stereocenters. The van der Waals surface area contributed by atoms with E-state index in [9.17, 15) is 5.11 Å². The first-order valence-corrected chi connectivity index (χ1v) is 5.10. The van der Waals surface area contributed by atoms with Crippen LogP contribution in [0.3, 0.4) is 0 Å². The van der Waals surface area contributed by atoms with Gasteiger partial charge in [0.2, 0.25) is 0 Å². The summed E-state index contributed by atoms with van der Waals surface area (Å²) in [5, 5.41) is 10.2. The molecule has 0 atom stereocenters. The molecule has 0 fully saturated rings. The number of hydrogen-bond acceptors (Lipinski definition) is 3. The zero-order chi connectivity index (χ0) is 14.5. The number of aliphatic hydroxyl groups is 1. The van der Waals surface area contributed by atoms with Crippen LogP contribution in [0.4, 0.5) is 5.69 Å². The summed E-state index contributed by atoms with van der Waals surface area (Å²) in [6.45, 7) is 3.00. The number of nitrogens with zero attached hydrogens (tertiary/aromatic N) is 1. The fourth-order valence-corrected chi connectivity index (χ4v) is 1.58. The smallest absolute Gasteiger partial charge is 0.103 e. The number of aromatic nitrogens is 1. The van der Waals surface area contributed by atoms with Crippen molar-refractivity contribution in [2.75, 3.05) is 5.73 Å². The van der Waals surface area contributed by atoms with E-state index >= 15 is 0 Å². The lowest BCUT2D eigenvalue weighted by molar-refractivity contribution is 0.0751. The number of rotatable bonds is 1. The van der Waals surface area contributed by atoms with E-state index < -0.39 is 5.60 Å². The van der Waals surface area contributed by atoms with Gasteiger partial charge in [0, 0.05) is 10.4 Å². The molecule has 0 bridgehead atoms. The van der Waals surface area contributed by atoms with Gasteiger partial charge in [0.25, 0.3) is 0 Å². The quantitative estimate of drug-likeness (QED) is 0.805. The Morgan fingerprint density at radius 3 is 2.81 bits per heavy atom. The first kappa shape index (κ1) is 7.87. The molecule has 0 saturated heterocycles. The van der Waals surface area contributed by atoms with Crippen LogP contribution >= 0.6 is 11.6 Å². The van der Waals surface area contributed by atoms with Crippen molar-refractivity contribution >= 4 is 28.2 Å². The van der Waals surface area contributed by atoms with Crippen LogP contribution in [0.15, 0.2) is 24.2 Å². The Morgan fingerprint density at radius 2 is 2.19 bits per heavy atom. The van der Waals surface area contributed by atoms with Crippen molar-refractivity contribution in [1.82, 2.24) is 4.98 Å². The van der Waals surface area contributed by atoms with E-state index in [4.69, 9.17) is 21.4 Å². The molecule has 0 saturated carbocycles. The van der Waals surface area contributed by atoms with Gasteiger partial charge in [-0.1, -0.05) is 11.6 Å². The van der Waals surface area contributed by atoms with Gasteiger partial charge < -0.3 is 10.8 Å². The molecular weight excluding hydrogens is 224 g/mol. The molecule has 1 aromatic carbocycles. The molecule has 0 aliphatic heterocycles. The maximum absolute atomic E-state index is 10.0. The molecular formula is C12H13ClN2O. The lowest BCUT2D eigenvalue weighted by Crippen LogP contribution is -2.19. The fraction of sp³-hybridized carbons (Fsp3) is 0.250. The average molecular weight is 240 g/mol. The Hall–Kier alpha value is -1.32. The molecule has 84 valence electrons. The molecule has 3 nitrogen and oxygen atoms in total. The molecule has 0 spiro atoms. The minimum Gasteiger partial charge on any atom is -0.397 e. The predicted molar refractivity (Wildman–Crippen MR) is 66.4 cm³/mol. The van der Waals surface area contributed by atoms with Gasteiger partial charge in [-0.25, -0.2) is 4.98 Å². The monoisotopic (exact) mass is 239 g/mol. The number of fused-ring (bicyclic) bond motifs is 1. The van der Waals surface area contributed by atoms with E-state index in [0.29, 0.717) is 0 Å². The summed E-state index contributed by atoms with van der Waals surface area (Å²) in [6, 6.07) is 1.07. The second-order valence-electron chi connectivity index (χ2n) is 4.04. The molecule has 1 aromatic heterocycles. The first-order valence-electron chi connectivity index (χ1n) is 6.23. The third kappa shape index (κ3) is 1.96. The van der Waals surface area contributed by atoms with Gasteiger partial charge in [-0.05, 0) is 38.0 Å². The number of nitrogen functional groups attached to an aromatic ring is 1. The Bertz CT molecular complexity index is 683. The van der Waals surface area contributed by atoms with Gasteiger partial charge in [0.1, 0.15) is 5.60 Å². The van der Waals surface area contributed by atoms with Crippen molar-refractivity contribution in [3.05, 3.63) is 34.9 Å². The first-order chi connectivity index (χ1) is 8.64. The van der Waals surface area contributed by atoms with Gasteiger partial charge in [-0.2, -0.15) is 0 Å². The third-order valence-electron chi connectivity index (χ3n) is 2.13. The molecule has 4 heteroatoms. The molecule has 0 radical (unpaired) electrons. The Balaban J connectivity index is 3.01. The van der Waals surface area contributed by atoms with E-state index in [1.165, 1.54) is 19.9 Å². The van der Waals surface area contributed by atoms with Crippen molar-refractivity contribution in [2.24, 2.45) is 0 Å². The summed E-state index contributed by atoms with van der Waals surface area (Å²) < 4.78 is 23.7. The van der Waals surface area contributed by atoms with Crippen LogP contribution in [0.5, 0.6) is 0 Å². The van der Waals surface area contributed by atoms with E-state index in [2.05, 4.69) is 4.98 Å². The van der Waals surface area contributed by atoms with E-state index in [0.717, 1.165) is 0 Å². The van der Waals surface area contributed by atoms with Crippen LogP contribution in [-0.4, -0.2) is 10.1 Å². The summed E-state index contributed by atoms with van der Waals surface area (Å²) in [6.07, 6.45) is 0. The lowest BCUT2D eigenvalue weighted by Gasteiger charge is -2.19. The minimum absolute atomic E-state index is 0.00448. The van der Waals surface area contributed by atoms with Gasteiger partial charge >= 0.3 is 0 Å².